The third kappa shape index (κ3) is 4.97. The van der Waals surface area contributed by atoms with Crippen molar-refractivity contribution in [1.29, 1.82) is 0 Å². The summed E-state index contributed by atoms with van der Waals surface area (Å²) < 4.78 is 17.4. The number of rotatable bonds is 8. The molecule has 1 aromatic heterocycles. The van der Waals surface area contributed by atoms with E-state index in [2.05, 4.69) is 4.98 Å². The van der Waals surface area contributed by atoms with Gasteiger partial charge in [0.1, 0.15) is 5.75 Å². The van der Waals surface area contributed by atoms with Gasteiger partial charge in [0.25, 0.3) is 5.91 Å². The molecular formula is C35H37N3O7S2. The highest BCUT2D eigenvalue weighted by Crippen LogP contribution is 2.68. The van der Waals surface area contributed by atoms with E-state index in [0.29, 0.717) is 29.5 Å². The van der Waals surface area contributed by atoms with Crippen LogP contribution in [-0.2, 0) is 14.4 Å². The lowest BCUT2D eigenvalue weighted by Crippen LogP contribution is -2.42. The van der Waals surface area contributed by atoms with Crippen molar-refractivity contribution in [1.82, 2.24) is 9.88 Å². The Balaban J connectivity index is 1.11. The molecule has 2 bridgehead atoms. The van der Waals surface area contributed by atoms with E-state index in [1.54, 1.807) is 43.1 Å². The Morgan fingerprint density at radius 3 is 2.40 bits per heavy atom. The van der Waals surface area contributed by atoms with Crippen LogP contribution in [0.25, 0.3) is 0 Å². The number of nitrogens with one attached hydrogen (secondary N) is 1. The van der Waals surface area contributed by atoms with Gasteiger partial charge in [0.15, 0.2) is 18.1 Å². The molecule has 3 amide bonds. The fraction of sp³-hybridized carbons (Fsp3) is 0.486. The second-order valence-electron chi connectivity index (χ2n) is 13.0. The molecule has 4 heterocycles. The standard InChI is InChI=1S/C35H37N3O7S2/c1-3-44-24-15-18(7-12-23(24)45-17-25(39)37-13-5-4-6-14-37)26-27-21-16-22(30(27)46-32-31(26)47-35(42)36-32)29-28(21)33(40)38(34(29)41)19-8-10-20(43-2)11-9-19/h7-12,15,21-22,26-30H,3-6,13-14,16-17H2,1-2H3,(H,36,42)/t21-,22-,26+,27-,28+,29+,30-/m1/s1. The fourth-order valence-corrected chi connectivity index (χ4v) is 11.7. The number of nitrogens with zero attached hydrogens (tertiary/aromatic N) is 2. The number of hydrogen-bond donors (Lipinski definition) is 1. The van der Waals surface area contributed by atoms with Crippen LogP contribution in [0, 0.1) is 29.6 Å². The van der Waals surface area contributed by atoms with Crippen LogP contribution in [0.1, 0.15) is 49.0 Å². The summed E-state index contributed by atoms with van der Waals surface area (Å²) in [6, 6.07) is 12.9. The lowest BCUT2D eigenvalue weighted by molar-refractivity contribution is -0.134. The zero-order chi connectivity index (χ0) is 32.4. The molecule has 10 nitrogen and oxygen atoms in total. The molecule has 2 saturated carbocycles. The molecule has 0 radical (unpaired) electrons. The van der Waals surface area contributed by atoms with E-state index in [0.717, 1.165) is 54.2 Å². The second-order valence-corrected chi connectivity index (χ2v) is 15.2. The van der Waals surface area contributed by atoms with Crippen LogP contribution in [0.2, 0.25) is 0 Å². The number of aromatic amines is 1. The van der Waals surface area contributed by atoms with Crippen molar-refractivity contribution in [3.63, 3.8) is 0 Å². The van der Waals surface area contributed by atoms with Crippen LogP contribution < -0.4 is 24.0 Å². The number of methoxy groups -OCH3 is 1. The number of anilines is 1. The molecule has 8 rings (SSSR count). The smallest absolute Gasteiger partial charge is 0.305 e. The van der Waals surface area contributed by atoms with Crippen molar-refractivity contribution in [2.24, 2.45) is 29.6 Å². The van der Waals surface area contributed by atoms with Crippen LogP contribution in [0.5, 0.6) is 17.2 Å². The Morgan fingerprint density at radius 1 is 0.936 bits per heavy atom. The van der Waals surface area contributed by atoms with E-state index >= 15 is 0 Å². The molecule has 0 spiro atoms. The molecule has 2 aromatic carbocycles. The predicted octanol–water partition coefficient (Wildman–Crippen LogP) is 4.91. The lowest BCUT2D eigenvalue weighted by atomic mass is 9.68. The summed E-state index contributed by atoms with van der Waals surface area (Å²) in [7, 11) is 1.58. The number of carbonyl (C=O) groups excluding carboxylic acids is 3. The van der Waals surface area contributed by atoms with Gasteiger partial charge in [-0.15, -0.1) is 11.8 Å². The minimum absolute atomic E-state index is 0.00816. The quantitative estimate of drug-likeness (QED) is 0.335. The number of piperidine rings is 1. The van der Waals surface area contributed by atoms with Gasteiger partial charge in [-0.2, -0.15) is 0 Å². The number of imide groups is 1. The maximum atomic E-state index is 14.1. The van der Waals surface area contributed by atoms with E-state index in [9.17, 15) is 19.2 Å². The first-order chi connectivity index (χ1) is 22.9. The average molecular weight is 676 g/mol. The third-order valence-corrected chi connectivity index (χ3v) is 13.3. The minimum atomic E-state index is -0.397. The van der Waals surface area contributed by atoms with Gasteiger partial charge in [-0.3, -0.25) is 24.1 Å². The zero-order valence-corrected chi connectivity index (χ0v) is 27.9. The number of hydrogen-bond acceptors (Lipinski definition) is 9. The van der Waals surface area contributed by atoms with Crippen molar-refractivity contribution >= 4 is 46.5 Å². The normalized spacial score (nSPS) is 29.0. The van der Waals surface area contributed by atoms with Crippen molar-refractivity contribution in [2.45, 2.75) is 48.8 Å². The molecule has 1 N–H and O–H groups in total. The van der Waals surface area contributed by atoms with Gasteiger partial charge in [0.2, 0.25) is 11.8 Å². The summed E-state index contributed by atoms with van der Waals surface area (Å²) in [4.78, 5) is 60.7. The number of thioether (sulfide) groups is 1. The molecule has 4 fully saturated rings. The summed E-state index contributed by atoms with van der Waals surface area (Å²) >= 11 is 2.89. The Hall–Kier alpha value is -3.77. The molecule has 12 heteroatoms. The summed E-state index contributed by atoms with van der Waals surface area (Å²) in [5.41, 5.74) is 1.55. The van der Waals surface area contributed by atoms with E-state index in [1.165, 1.54) is 16.2 Å². The fourth-order valence-electron chi connectivity index (χ4n) is 8.86. The summed E-state index contributed by atoms with van der Waals surface area (Å²) in [6.07, 6.45) is 3.98. The van der Waals surface area contributed by atoms with Crippen LogP contribution >= 0.6 is 23.1 Å². The maximum absolute atomic E-state index is 14.1. The molecular weight excluding hydrogens is 639 g/mol. The number of H-pyrrole nitrogens is 1. The van der Waals surface area contributed by atoms with Crippen molar-refractivity contribution < 1.29 is 28.6 Å². The van der Waals surface area contributed by atoms with Crippen molar-refractivity contribution in [3.05, 3.63) is 62.6 Å². The Morgan fingerprint density at radius 2 is 1.68 bits per heavy atom. The van der Waals surface area contributed by atoms with Crippen LogP contribution in [0.3, 0.4) is 0 Å². The van der Waals surface area contributed by atoms with Crippen molar-refractivity contribution in [3.8, 4) is 17.2 Å². The number of fused-ring (bicyclic) bond motifs is 9. The van der Waals surface area contributed by atoms with Crippen LogP contribution in [-0.4, -0.2) is 66.3 Å². The molecule has 5 aliphatic rings. The maximum Gasteiger partial charge on any atom is 0.305 e. The van der Waals surface area contributed by atoms with Crippen molar-refractivity contribution in [2.75, 3.05) is 38.3 Å². The molecule has 3 aliphatic heterocycles. The highest BCUT2D eigenvalue weighted by atomic mass is 32.2. The van der Waals surface area contributed by atoms with Crippen LogP contribution in [0.4, 0.5) is 5.69 Å². The first-order valence-corrected chi connectivity index (χ1v) is 18.2. The number of ether oxygens (including phenoxy) is 3. The van der Waals surface area contributed by atoms with E-state index in [-0.39, 0.29) is 64.0 Å². The lowest BCUT2D eigenvalue weighted by Gasteiger charge is -2.43. The van der Waals surface area contributed by atoms with Gasteiger partial charge in [0, 0.05) is 29.1 Å². The predicted molar refractivity (Wildman–Crippen MR) is 178 cm³/mol. The summed E-state index contributed by atoms with van der Waals surface area (Å²) in [6.45, 7) is 3.80. The monoisotopic (exact) mass is 675 g/mol. The number of benzene rings is 2. The number of carbonyl (C=O) groups is 3. The molecule has 47 heavy (non-hydrogen) atoms. The number of likely N-dealkylation sites (tertiary alicyclic amines) is 1. The highest BCUT2D eigenvalue weighted by Gasteiger charge is 2.69. The summed E-state index contributed by atoms with van der Waals surface area (Å²) in [5, 5.41) is 0.926. The summed E-state index contributed by atoms with van der Waals surface area (Å²) in [5.74, 6) is 0.573. The average Bonchev–Trinajstić information content (AvgIpc) is 3.83. The number of thiazole rings is 1. The van der Waals surface area contributed by atoms with Gasteiger partial charge in [-0.05, 0) is 92.3 Å². The largest absolute Gasteiger partial charge is 0.497 e. The first-order valence-electron chi connectivity index (χ1n) is 16.5. The molecule has 7 atom stereocenters. The Bertz CT molecular complexity index is 1780. The van der Waals surface area contributed by atoms with Gasteiger partial charge < -0.3 is 24.1 Å². The third-order valence-electron chi connectivity index (χ3n) is 10.7. The number of amides is 3. The topological polar surface area (TPSA) is 118 Å². The molecule has 2 aliphatic carbocycles. The Labute approximate surface area is 280 Å². The van der Waals surface area contributed by atoms with E-state index in [4.69, 9.17) is 14.2 Å². The molecule has 2 saturated heterocycles. The van der Waals surface area contributed by atoms with Gasteiger partial charge >= 0.3 is 4.87 Å². The van der Waals surface area contributed by atoms with E-state index in [1.807, 2.05) is 30.0 Å². The molecule has 246 valence electrons. The van der Waals surface area contributed by atoms with Gasteiger partial charge in [-0.25, -0.2) is 0 Å². The molecule has 0 unspecified atom stereocenters. The number of aromatic nitrogens is 1. The van der Waals surface area contributed by atoms with E-state index < -0.39 is 5.92 Å². The Kier molecular flexibility index (Phi) is 7.82. The van der Waals surface area contributed by atoms with Crippen LogP contribution in [0.15, 0.2) is 52.3 Å². The first kappa shape index (κ1) is 30.6. The second kappa shape index (κ2) is 12.0. The minimum Gasteiger partial charge on any atom is -0.497 e. The SMILES string of the molecule is CCOc1cc([C@@H]2c3sc(=O)[nH]c3S[C@@H]3[C@@H]4C[C@@H]([C@@H]5C(=O)N(c6ccc(OC)cc6)C(=O)[C@@H]45)[C@H]23)ccc1OCC(=O)N1CCCCC1. The zero-order valence-electron chi connectivity index (χ0n) is 26.3. The molecule has 3 aromatic rings. The highest BCUT2D eigenvalue weighted by molar-refractivity contribution is 8.00. The van der Waals surface area contributed by atoms with Gasteiger partial charge in [0.05, 0.1) is 36.3 Å². The van der Waals surface area contributed by atoms with Gasteiger partial charge in [-0.1, -0.05) is 17.4 Å².